The quantitative estimate of drug-likeness (QED) is 0.364. The van der Waals surface area contributed by atoms with Crippen molar-refractivity contribution >= 4 is 22.6 Å². The lowest BCUT2D eigenvalue weighted by molar-refractivity contribution is 1.32. The van der Waals surface area contributed by atoms with Crippen LogP contribution in [-0.2, 0) is 0 Å². The van der Waals surface area contributed by atoms with Gasteiger partial charge in [0.05, 0.1) is 11.3 Å². The van der Waals surface area contributed by atoms with Crippen LogP contribution < -0.4 is 11.5 Å². The second-order valence-electron chi connectivity index (χ2n) is 3.25. The molecule has 1 aromatic carbocycles. The summed E-state index contributed by atoms with van der Waals surface area (Å²) in [7, 11) is 0. The van der Waals surface area contributed by atoms with Crippen molar-refractivity contribution in [3.05, 3.63) is 35.5 Å². The lowest BCUT2D eigenvalue weighted by atomic mass is 10.1. The van der Waals surface area contributed by atoms with E-state index in [2.05, 4.69) is 4.98 Å². The molecule has 0 aliphatic heterocycles. The van der Waals surface area contributed by atoms with Crippen LogP contribution in [0, 0.1) is 10.8 Å². The van der Waals surface area contributed by atoms with Gasteiger partial charge in [0, 0.05) is 10.9 Å². The molecule has 0 aliphatic carbocycles. The molecule has 0 saturated carbocycles. The number of H-pyrrole nitrogens is 1. The topological polar surface area (TPSA) is 116 Å². The van der Waals surface area contributed by atoms with Gasteiger partial charge in [-0.3, -0.25) is 10.8 Å². The molecule has 0 amide bonds. The molecular formula is C10H11N5. The van der Waals surface area contributed by atoms with Gasteiger partial charge in [-0.25, -0.2) is 0 Å². The third-order valence-electron chi connectivity index (χ3n) is 2.24. The largest absolute Gasteiger partial charge is 0.384 e. The molecule has 1 aromatic heterocycles. The molecule has 0 saturated heterocycles. The molecule has 0 unspecified atom stereocenters. The highest BCUT2D eigenvalue weighted by Gasteiger charge is 2.14. The summed E-state index contributed by atoms with van der Waals surface area (Å²) in [6.45, 7) is 0. The van der Waals surface area contributed by atoms with Crippen LogP contribution in [0.4, 0.5) is 0 Å². The molecule has 15 heavy (non-hydrogen) atoms. The third-order valence-corrected chi connectivity index (χ3v) is 2.24. The fraction of sp³-hybridized carbons (Fsp3) is 0. The van der Waals surface area contributed by atoms with E-state index in [9.17, 15) is 0 Å². The summed E-state index contributed by atoms with van der Waals surface area (Å²) in [6, 6.07) is 7.42. The number of benzene rings is 1. The molecule has 0 spiro atoms. The average molecular weight is 201 g/mol. The summed E-state index contributed by atoms with van der Waals surface area (Å²) in [5, 5.41) is 15.7. The van der Waals surface area contributed by atoms with Crippen LogP contribution in [0.2, 0.25) is 0 Å². The number of fused-ring (bicyclic) bond motifs is 1. The first kappa shape index (κ1) is 9.26. The molecule has 0 fully saturated rings. The highest BCUT2D eigenvalue weighted by molar-refractivity contribution is 6.16. The van der Waals surface area contributed by atoms with E-state index in [1.165, 1.54) is 0 Å². The first-order valence-electron chi connectivity index (χ1n) is 4.40. The van der Waals surface area contributed by atoms with E-state index in [1.807, 2.05) is 24.3 Å². The van der Waals surface area contributed by atoms with Gasteiger partial charge in [0.1, 0.15) is 11.7 Å². The van der Waals surface area contributed by atoms with Crippen molar-refractivity contribution < 1.29 is 0 Å². The number of aromatic nitrogens is 1. The number of amidine groups is 2. The van der Waals surface area contributed by atoms with Crippen LogP contribution in [0.15, 0.2) is 24.3 Å². The zero-order chi connectivity index (χ0) is 11.0. The SMILES string of the molecule is N=C(N)c1[nH]c2ccccc2c1C(=N)N. The lowest BCUT2D eigenvalue weighted by Crippen LogP contribution is -2.19. The summed E-state index contributed by atoms with van der Waals surface area (Å²) in [4.78, 5) is 2.97. The number of hydrogen-bond donors (Lipinski definition) is 5. The van der Waals surface area contributed by atoms with Crippen LogP contribution in [0.3, 0.4) is 0 Å². The van der Waals surface area contributed by atoms with E-state index in [4.69, 9.17) is 22.3 Å². The van der Waals surface area contributed by atoms with Gasteiger partial charge in [0.2, 0.25) is 0 Å². The second-order valence-corrected chi connectivity index (χ2v) is 3.25. The Labute approximate surface area is 86.1 Å². The maximum Gasteiger partial charge on any atom is 0.140 e. The Kier molecular flexibility index (Phi) is 1.93. The van der Waals surface area contributed by atoms with Gasteiger partial charge in [-0.2, -0.15) is 0 Å². The van der Waals surface area contributed by atoms with Crippen molar-refractivity contribution in [2.45, 2.75) is 0 Å². The van der Waals surface area contributed by atoms with Crippen LogP contribution in [0.25, 0.3) is 10.9 Å². The van der Waals surface area contributed by atoms with Gasteiger partial charge in [-0.05, 0) is 6.07 Å². The van der Waals surface area contributed by atoms with Gasteiger partial charge in [0.15, 0.2) is 0 Å². The second kappa shape index (κ2) is 3.13. The lowest BCUT2D eigenvalue weighted by Gasteiger charge is -1.99. The average Bonchev–Trinajstić information content (AvgIpc) is 2.56. The zero-order valence-corrected chi connectivity index (χ0v) is 7.96. The maximum absolute atomic E-state index is 7.47. The van der Waals surface area contributed by atoms with Gasteiger partial charge in [0.25, 0.3) is 0 Å². The van der Waals surface area contributed by atoms with E-state index in [1.54, 1.807) is 0 Å². The van der Waals surface area contributed by atoms with Gasteiger partial charge in [-0.1, -0.05) is 18.2 Å². The minimum absolute atomic E-state index is 0.0855. The smallest absolute Gasteiger partial charge is 0.140 e. The van der Waals surface area contributed by atoms with Crippen molar-refractivity contribution in [3.8, 4) is 0 Å². The molecule has 76 valence electrons. The normalized spacial score (nSPS) is 10.4. The van der Waals surface area contributed by atoms with Crippen molar-refractivity contribution in [2.24, 2.45) is 11.5 Å². The van der Waals surface area contributed by atoms with Crippen LogP contribution in [0.5, 0.6) is 0 Å². The van der Waals surface area contributed by atoms with Crippen LogP contribution in [0.1, 0.15) is 11.3 Å². The summed E-state index contributed by atoms with van der Waals surface area (Å²) in [6.07, 6.45) is 0. The van der Waals surface area contributed by atoms with E-state index in [-0.39, 0.29) is 11.7 Å². The fourth-order valence-electron chi connectivity index (χ4n) is 1.62. The summed E-state index contributed by atoms with van der Waals surface area (Å²) >= 11 is 0. The molecule has 5 heteroatoms. The monoisotopic (exact) mass is 201 g/mol. The first-order valence-corrected chi connectivity index (χ1v) is 4.40. The first-order chi connectivity index (χ1) is 7.11. The molecule has 0 atom stereocenters. The molecule has 1 heterocycles. The highest BCUT2D eigenvalue weighted by Crippen LogP contribution is 2.21. The number of nitrogens with one attached hydrogen (secondary N) is 3. The number of nitrogens with two attached hydrogens (primary N) is 2. The summed E-state index contributed by atoms with van der Waals surface area (Å²) < 4.78 is 0. The van der Waals surface area contributed by atoms with Gasteiger partial charge in [-0.15, -0.1) is 0 Å². The number of aromatic amines is 1. The van der Waals surface area contributed by atoms with E-state index in [0.717, 1.165) is 10.9 Å². The van der Waals surface area contributed by atoms with E-state index >= 15 is 0 Å². The summed E-state index contributed by atoms with van der Waals surface area (Å²) in [5.74, 6) is -0.200. The number of nitrogen functional groups attached to an aromatic ring is 2. The molecule has 0 radical (unpaired) electrons. The van der Waals surface area contributed by atoms with Crippen molar-refractivity contribution in [2.75, 3.05) is 0 Å². The molecule has 2 aromatic rings. The van der Waals surface area contributed by atoms with Gasteiger partial charge >= 0.3 is 0 Å². The minimum atomic E-state index is -0.114. The van der Waals surface area contributed by atoms with E-state index in [0.29, 0.717) is 11.3 Å². The Hall–Kier alpha value is -2.30. The number of para-hydroxylation sites is 1. The zero-order valence-electron chi connectivity index (χ0n) is 7.96. The Balaban J connectivity index is 2.86. The summed E-state index contributed by atoms with van der Waals surface area (Å²) in [5.41, 5.74) is 12.6. The Morgan fingerprint density at radius 1 is 1.07 bits per heavy atom. The molecule has 2 rings (SSSR count). The van der Waals surface area contributed by atoms with Crippen LogP contribution in [-0.4, -0.2) is 16.7 Å². The standard InChI is InChI=1S/C10H11N5/c11-9(12)7-5-3-1-2-4-6(5)15-8(7)10(13)14/h1-4,15H,(H3,11,12)(H3,13,14). The predicted molar refractivity (Wildman–Crippen MR) is 60.3 cm³/mol. The molecule has 7 N–H and O–H groups in total. The Morgan fingerprint density at radius 2 is 1.73 bits per heavy atom. The minimum Gasteiger partial charge on any atom is -0.384 e. The molecule has 0 aliphatic rings. The number of rotatable bonds is 2. The molecule has 5 nitrogen and oxygen atoms in total. The third kappa shape index (κ3) is 1.34. The number of hydrogen-bond acceptors (Lipinski definition) is 2. The van der Waals surface area contributed by atoms with Gasteiger partial charge < -0.3 is 16.5 Å². The van der Waals surface area contributed by atoms with Crippen molar-refractivity contribution in [1.82, 2.24) is 4.98 Å². The molecular weight excluding hydrogens is 190 g/mol. The van der Waals surface area contributed by atoms with E-state index < -0.39 is 0 Å². The fourth-order valence-corrected chi connectivity index (χ4v) is 1.62. The predicted octanol–water partition coefficient (Wildman–Crippen LogP) is 0.736. The molecule has 0 bridgehead atoms. The Bertz CT molecular complexity index is 552. The van der Waals surface area contributed by atoms with Crippen molar-refractivity contribution in [3.63, 3.8) is 0 Å². The maximum atomic E-state index is 7.47. The van der Waals surface area contributed by atoms with Crippen LogP contribution >= 0.6 is 0 Å². The highest BCUT2D eigenvalue weighted by atomic mass is 14.8. The Morgan fingerprint density at radius 3 is 2.33 bits per heavy atom. The van der Waals surface area contributed by atoms with Crippen molar-refractivity contribution in [1.29, 1.82) is 10.8 Å².